The average Bonchev–Trinajstić information content (AvgIpc) is 3.25. The number of carbonyl (C=O) groups is 3. The lowest BCUT2D eigenvalue weighted by Gasteiger charge is -2.48. The Morgan fingerprint density at radius 2 is 1.39 bits per heavy atom. The molecular formula is C43H45N3O12S. The van der Waals surface area contributed by atoms with Gasteiger partial charge in [0.2, 0.25) is 0 Å². The molecule has 15 nitrogen and oxygen atoms in total. The summed E-state index contributed by atoms with van der Waals surface area (Å²) in [7, 11) is 1.13. The number of benzene rings is 4. The predicted octanol–water partition coefficient (Wildman–Crippen LogP) is 6.09. The average molecular weight is 828 g/mol. The van der Waals surface area contributed by atoms with Crippen LogP contribution < -0.4 is 0 Å². The van der Waals surface area contributed by atoms with Crippen molar-refractivity contribution in [2.75, 3.05) is 13.7 Å². The van der Waals surface area contributed by atoms with Crippen molar-refractivity contribution in [2.24, 2.45) is 5.11 Å². The minimum atomic E-state index is -1.71. The van der Waals surface area contributed by atoms with E-state index in [-0.39, 0.29) is 25.4 Å². The maximum absolute atomic E-state index is 13.8. The highest BCUT2D eigenvalue weighted by molar-refractivity contribution is 7.99. The van der Waals surface area contributed by atoms with Gasteiger partial charge in [0.15, 0.2) is 18.5 Å². The molecule has 0 unspecified atom stereocenters. The van der Waals surface area contributed by atoms with Crippen LogP contribution in [0.4, 0.5) is 0 Å². The van der Waals surface area contributed by atoms with Crippen molar-refractivity contribution < 1.29 is 57.4 Å². The molecule has 16 heteroatoms. The molecule has 2 aliphatic rings. The summed E-state index contributed by atoms with van der Waals surface area (Å²) in [6.45, 7) is 2.80. The van der Waals surface area contributed by atoms with Crippen LogP contribution in [0.1, 0.15) is 34.0 Å². The molecule has 0 radical (unpaired) electrons. The van der Waals surface area contributed by atoms with Crippen molar-refractivity contribution in [1.29, 1.82) is 0 Å². The van der Waals surface area contributed by atoms with Gasteiger partial charge in [0.25, 0.3) is 0 Å². The summed E-state index contributed by atoms with van der Waals surface area (Å²) in [5.41, 5.74) is 11.8. The molecule has 0 aromatic heterocycles. The molecule has 10 atom stereocenters. The normalized spacial score (nSPS) is 26.5. The molecule has 59 heavy (non-hydrogen) atoms. The fraction of sp³-hybridized carbons (Fsp3) is 0.372. The number of rotatable bonds is 16. The second kappa shape index (κ2) is 21.1. The summed E-state index contributed by atoms with van der Waals surface area (Å²) >= 11 is 1.27. The molecule has 0 bridgehead atoms. The van der Waals surface area contributed by atoms with Gasteiger partial charge in [-0.25, -0.2) is 9.59 Å². The summed E-state index contributed by atoms with van der Waals surface area (Å²) in [4.78, 5) is 43.2. The molecular weight excluding hydrogens is 783 g/mol. The molecule has 310 valence electrons. The monoisotopic (exact) mass is 827 g/mol. The second-order valence-electron chi connectivity index (χ2n) is 13.8. The number of aliphatic hydroxyl groups excluding tert-OH is 1. The van der Waals surface area contributed by atoms with E-state index in [1.807, 2.05) is 79.7 Å². The lowest BCUT2D eigenvalue weighted by molar-refractivity contribution is -0.334. The Bertz CT molecular complexity index is 2020. The van der Waals surface area contributed by atoms with E-state index in [1.54, 1.807) is 42.5 Å². The Hall–Kier alpha value is -5.29. The summed E-state index contributed by atoms with van der Waals surface area (Å²) in [6.07, 6.45) is -11.6. The van der Waals surface area contributed by atoms with Gasteiger partial charge in [-0.15, -0.1) is 0 Å². The van der Waals surface area contributed by atoms with E-state index in [1.165, 1.54) is 18.7 Å². The minimum Gasteiger partial charge on any atom is -0.467 e. The number of esters is 3. The van der Waals surface area contributed by atoms with Gasteiger partial charge in [-0.3, -0.25) is 4.79 Å². The van der Waals surface area contributed by atoms with E-state index in [9.17, 15) is 25.0 Å². The summed E-state index contributed by atoms with van der Waals surface area (Å²) in [5.74, 6) is -2.37. The SMILES string of the molecule is COC(=O)[C@H]1O[C@@H](O[C@H]2[C@H](OCc3ccccc3)[C@@H](N=[N+]=[N-])[C@H](Sc3ccc(C)cc3)O[C@@H]2COC(C)=O)[C@H](OC(=O)c2ccccc2)[C@@H](OCc2ccccc2)[C@@H]1O. The Labute approximate surface area is 345 Å². The first-order valence-electron chi connectivity index (χ1n) is 18.9. The van der Waals surface area contributed by atoms with Crippen LogP contribution in [0, 0.1) is 6.92 Å². The standard InChI is InChI=1S/C43H45N3O12S/c1-26-19-21-31(22-20-26)59-43-33(45-46-44)36(53-23-28-13-7-4-8-14-28)35(32(55-43)25-52-27(2)47)57-42-39(56-40(49)30-17-11-6-12-18-30)37(34(48)38(58-42)41(50)51-3)54-24-29-15-9-5-10-16-29/h4-22,32-39,42-43,48H,23-25H2,1-3H3/t32-,33-,34+,35-,36-,37+,38+,39-,42-,43+/m1/s1. The van der Waals surface area contributed by atoms with Crippen molar-refractivity contribution in [3.05, 3.63) is 148 Å². The highest BCUT2D eigenvalue weighted by Gasteiger charge is 2.56. The van der Waals surface area contributed by atoms with Crippen molar-refractivity contribution >= 4 is 29.7 Å². The molecule has 0 aliphatic carbocycles. The fourth-order valence-electron chi connectivity index (χ4n) is 6.63. The summed E-state index contributed by atoms with van der Waals surface area (Å²) < 4.78 is 48.9. The van der Waals surface area contributed by atoms with E-state index >= 15 is 0 Å². The number of thioether (sulfide) groups is 1. The van der Waals surface area contributed by atoms with E-state index in [4.69, 9.17) is 37.9 Å². The van der Waals surface area contributed by atoms with E-state index in [0.717, 1.165) is 28.7 Å². The van der Waals surface area contributed by atoms with Crippen LogP contribution in [0.5, 0.6) is 0 Å². The molecule has 0 amide bonds. The molecule has 2 heterocycles. The molecule has 2 saturated heterocycles. The molecule has 0 spiro atoms. The van der Waals surface area contributed by atoms with Crippen LogP contribution >= 0.6 is 11.8 Å². The second-order valence-corrected chi connectivity index (χ2v) is 14.9. The van der Waals surface area contributed by atoms with Gasteiger partial charge < -0.3 is 43.0 Å². The third-order valence-corrected chi connectivity index (χ3v) is 10.8. The first-order valence-corrected chi connectivity index (χ1v) is 19.7. The minimum absolute atomic E-state index is 0.0231. The van der Waals surface area contributed by atoms with Crippen LogP contribution in [0.25, 0.3) is 10.4 Å². The third kappa shape index (κ3) is 11.5. The fourth-order valence-corrected chi connectivity index (χ4v) is 7.73. The van der Waals surface area contributed by atoms with E-state index in [0.29, 0.717) is 0 Å². The zero-order valence-electron chi connectivity index (χ0n) is 32.6. The number of carbonyl (C=O) groups excluding carboxylic acids is 3. The number of nitrogens with zero attached hydrogens (tertiary/aromatic N) is 3. The van der Waals surface area contributed by atoms with Crippen LogP contribution in [0.3, 0.4) is 0 Å². The largest absolute Gasteiger partial charge is 0.467 e. The number of hydrogen-bond donors (Lipinski definition) is 1. The molecule has 1 N–H and O–H groups in total. The van der Waals surface area contributed by atoms with Gasteiger partial charge in [-0.2, -0.15) is 0 Å². The zero-order chi connectivity index (χ0) is 41.7. The lowest BCUT2D eigenvalue weighted by atomic mass is 9.95. The number of hydrogen-bond acceptors (Lipinski definition) is 14. The highest BCUT2D eigenvalue weighted by Crippen LogP contribution is 2.40. The Morgan fingerprint density at radius 1 is 0.797 bits per heavy atom. The van der Waals surface area contributed by atoms with E-state index in [2.05, 4.69) is 10.0 Å². The quantitative estimate of drug-likeness (QED) is 0.0449. The van der Waals surface area contributed by atoms with Crippen molar-refractivity contribution in [3.63, 3.8) is 0 Å². The molecule has 2 aliphatic heterocycles. The first kappa shape index (κ1) is 43.3. The number of ether oxygens (including phenoxy) is 8. The predicted molar refractivity (Wildman–Crippen MR) is 213 cm³/mol. The van der Waals surface area contributed by atoms with Crippen molar-refractivity contribution in [1.82, 2.24) is 0 Å². The van der Waals surface area contributed by atoms with Gasteiger partial charge in [0.05, 0.1) is 32.0 Å². The highest BCUT2D eigenvalue weighted by atomic mass is 32.2. The smallest absolute Gasteiger partial charge is 0.338 e. The Morgan fingerprint density at radius 3 is 1.97 bits per heavy atom. The number of methoxy groups -OCH3 is 1. The lowest BCUT2D eigenvalue weighted by Crippen LogP contribution is -2.66. The number of azide groups is 1. The van der Waals surface area contributed by atoms with Crippen LogP contribution in [0.2, 0.25) is 0 Å². The van der Waals surface area contributed by atoms with Gasteiger partial charge in [-0.05, 0) is 47.8 Å². The van der Waals surface area contributed by atoms with Crippen LogP contribution in [-0.2, 0) is 60.7 Å². The van der Waals surface area contributed by atoms with Crippen LogP contribution in [-0.4, -0.2) is 97.2 Å². The summed E-state index contributed by atoms with van der Waals surface area (Å²) in [5, 5.41) is 15.8. The van der Waals surface area contributed by atoms with Gasteiger partial charge in [0.1, 0.15) is 42.5 Å². The zero-order valence-corrected chi connectivity index (χ0v) is 33.4. The first-order chi connectivity index (χ1) is 28.6. The number of aryl methyl sites for hydroxylation is 1. The molecule has 2 fully saturated rings. The van der Waals surface area contributed by atoms with Crippen LogP contribution in [0.15, 0.2) is 125 Å². The molecule has 4 aromatic rings. The number of aliphatic hydroxyl groups is 1. The third-order valence-electron chi connectivity index (χ3n) is 9.59. The Balaban J connectivity index is 1.42. The Kier molecular flexibility index (Phi) is 15.5. The maximum atomic E-state index is 13.8. The van der Waals surface area contributed by atoms with Gasteiger partial charge in [-0.1, -0.05) is 113 Å². The van der Waals surface area contributed by atoms with Gasteiger partial charge in [0, 0.05) is 16.7 Å². The molecule has 4 aromatic carbocycles. The topological polar surface area (TPSA) is 194 Å². The van der Waals surface area contributed by atoms with Crippen molar-refractivity contribution in [3.8, 4) is 0 Å². The molecule has 6 rings (SSSR count). The maximum Gasteiger partial charge on any atom is 0.338 e. The molecule has 0 saturated carbocycles. The summed E-state index contributed by atoms with van der Waals surface area (Å²) in [6, 6.07) is 33.0. The van der Waals surface area contributed by atoms with E-state index < -0.39 is 78.4 Å². The van der Waals surface area contributed by atoms with Crippen molar-refractivity contribution in [2.45, 2.75) is 92.5 Å². The van der Waals surface area contributed by atoms with Gasteiger partial charge >= 0.3 is 17.9 Å².